The highest BCUT2D eigenvalue weighted by atomic mass is 16.5. The maximum atomic E-state index is 12.4. The van der Waals surface area contributed by atoms with Gasteiger partial charge < -0.3 is 10.1 Å². The van der Waals surface area contributed by atoms with Crippen molar-refractivity contribution in [3.05, 3.63) is 59.2 Å². The predicted molar refractivity (Wildman–Crippen MR) is 107 cm³/mol. The van der Waals surface area contributed by atoms with E-state index in [1.54, 1.807) is 6.07 Å². The summed E-state index contributed by atoms with van der Waals surface area (Å²) in [4.78, 5) is 35.8. The molecule has 1 aliphatic carbocycles. The summed E-state index contributed by atoms with van der Waals surface area (Å²) in [6.45, 7) is 3.51. The number of amides is 1. The second-order valence-corrected chi connectivity index (χ2v) is 7.50. The molecule has 0 heterocycles. The quantitative estimate of drug-likeness (QED) is 0.480. The van der Waals surface area contributed by atoms with E-state index in [0.29, 0.717) is 17.9 Å². The van der Waals surface area contributed by atoms with Crippen molar-refractivity contribution in [1.82, 2.24) is 5.32 Å². The minimum Gasteiger partial charge on any atom is -0.456 e. The molecule has 1 aliphatic rings. The molecular formula is C23H25NO4. The number of benzene rings is 2. The minimum absolute atomic E-state index is 0.186. The number of esters is 1. The van der Waals surface area contributed by atoms with Crippen LogP contribution >= 0.6 is 0 Å². The van der Waals surface area contributed by atoms with E-state index in [-0.39, 0.29) is 24.8 Å². The van der Waals surface area contributed by atoms with Crippen LogP contribution in [0.25, 0.3) is 11.1 Å². The number of rotatable bonds is 8. The Kier molecular flexibility index (Phi) is 6.24. The van der Waals surface area contributed by atoms with Crippen molar-refractivity contribution in [3.63, 3.8) is 0 Å². The van der Waals surface area contributed by atoms with Gasteiger partial charge in [-0.15, -0.1) is 0 Å². The Morgan fingerprint density at radius 1 is 1.04 bits per heavy atom. The van der Waals surface area contributed by atoms with Crippen LogP contribution in [0.3, 0.4) is 0 Å². The Bertz CT molecular complexity index is 901. The van der Waals surface area contributed by atoms with Gasteiger partial charge in [-0.3, -0.25) is 14.4 Å². The van der Waals surface area contributed by atoms with Crippen LogP contribution in [0, 0.1) is 5.92 Å². The number of carbonyl (C=O) groups excluding carboxylic acids is 3. The van der Waals surface area contributed by atoms with Gasteiger partial charge in [-0.25, -0.2) is 0 Å². The van der Waals surface area contributed by atoms with Crippen molar-refractivity contribution in [2.75, 3.05) is 13.2 Å². The number of fused-ring (bicyclic) bond motifs is 3. The third kappa shape index (κ3) is 4.85. The Labute approximate surface area is 165 Å². The zero-order valence-corrected chi connectivity index (χ0v) is 16.3. The summed E-state index contributed by atoms with van der Waals surface area (Å²) >= 11 is 0. The van der Waals surface area contributed by atoms with Gasteiger partial charge in [0.1, 0.15) is 6.54 Å². The lowest BCUT2D eigenvalue weighted by atomic mass is 10.0. The SMILES string of the molecule is CC(C)CCC(=O)NCC(=O)OCC(=O)c1ccc2c(c1)-c1ccccc1C2. The topological polar surface area (TPSA) is 72.5 Å². The van der Waals surface area contributed by atoms with Crippen molar-refractivity contribution in [3.8, 4) is 11.1 Å². The first-order valence-electron chi connectivity index (χ1n) is 9.60. The third-order valence-corrected chi connectivity index (χ3v) is 4.86. The number of hydrogen-bond acceptors (Lipinski definition) is 4. The lowest BCUT2D eigenvalue weighted by molar-refractivity contribution is -0.142. The number of Topliss-reactive ketones (excluding diaryl/α,β-unsaturated/α-hetero) is 1. The fourth-order valence-electron chi connectivity index (χ4n) is 3.26. The molecule has 0 bridgehead atoms. The van der Waals surface area contributed by atoms with E-state index in [1.165, 1.54) is 11.1 Å². The summed E-state index contributed by atoms with van der Waals surface area (Å²) in [7, 11) is 0. The lowest BCUT2D eigenvalue weighted by Gasteiger charge is -2.08. The van der Waals surface area contributed by atoms with Crippen LogP contribution < -0.4 is 5.32 Å². The number of ether oxygens (including phenoxy) is 1. The van der Waals surface area contributed by atoms with Gasteiger partial charge in [-0.2, -0.15) is 0 Å². The van der Waals surface area contributed by atoms with E-state index >= 15 is 0 Å². The number of ketones is 1. The molecule has 5 nitrogen and oxygen atoms in total. The van der Waals surface area contributed by atoms with Gasteiger partial charge in [0.25, 0.3) is 0 Å². The highest BCUT2D eigenvalue weighted by Gasteiger charge is 2.20. The molecule has 1 N–H and O–H groups in total. The van der Waals surface area contributed by atoms with Crippen LogP contribution in [0.1, 0.15) is 48.2 Å². The number of nitrogens with one attached hydrogen (secondary N) is 1. The zero-order chi connectivity index (χ0) is 20.1. The molecule has 28 heavy (non-hydrogen) atoms. The molecular weight excluding hydrogens is 354 g/mol. The molecule has 0 fully saturated rings. The monoisotopic (exact) mass is 379 g/mol. The first-order valence-corrected chi connectivity index (χ1v) is 9.60. The van der Waals surface area contributed by atoms with Crippen LogP contribution in [0.15, 0.2) is 42.5 Å². The summed E-state index contributed by atoms with van der Waals surface area (Å²) in [6, 6.07) is 13.7. The van der Waals surface area contributed by atoms with Crippen LogP contribution in [-0.4, -0.2) is 30.8 Å². The molecule has 0 unspecified atom stereocenters. The first kappa shape index (κ1) is 19.8. The summed E-state index contributed by atoms with van der Waals surface area (Å²) in [6.07, 6.45) is 2.01. The van der Waals surface area contributed by atoms with Gasteiger partial charge in [-0.05, 0) is 47.1 Å². The fraction of sp³-hybridized carbons (Fsp3) is 0.348. The molecule has 0 aromatic heterocycles. The number of carbonyl (C=O) groups is 3. The molecule has 1 amide bonds. The van der Waals surface area contributed by atoms with Crippen molar-refractivity contribution in [2.45, 2.75) is 33.1 Å². The number of hydrogen-bond donors (Lipinski definition) is 1. The molecule has 0 atom stereocenters. The van der Waals surface area contributed by atoms with Gasteiger partial charge in [-0.1, -0.05) is 50.2 Å². The molecule has 2 aromatic rings. The lowest BCUT2D eigenvalue weighted by Crippen LogP contribution is -2.31. The average molecular weight is 379 g/mol. The molecule has 0 spiro atoms. The van der Waals surface area contributed by atoms with Gasteiger partial charge in [0.15, 0.2) is 12.4 Å². The summed E-state index contributed by atoms with van der Waals surface area (Å²) in [5.74, 6) is -0.631. The smallest absolute Gasteiger partial charge is 0.325 e. The van der Waals surface area contributed by atoms with Crippen LogP contribution in [-0.2, 0) is 20.7 Å². The van der Waals surface area contributed by atoms with Crippen molar-refractivity contribution in [2.24, 2.45) is 5.92 Å². The Morgan fingerprint density at radius 2 is 1.79 bits per heavy atom. The van der Waals surface area contributed by atoms with Gasteiger partial charge in [0, 0.05) is 12.0 Å². The van der Waals surface area contributed by atoms with E-state index in [4.69, 9.17) is 4.74 Å². The third-order valence-electron chi connectivity index (χ3n) is 4.86. The van der Waals surface area contributed by atoms with Crippen LogP contribution in [0.2, 0.25) is 0 Å². The molecule has 146 valence electrons. The first-order chi connectivity index (χ1) is 13.4. The summed E-state index contributed by atoms with van der Waals surface area (Å²) in [5, 5.41) is 2.52. The van der Waals surface area contributed by atoms with Gasteiger partial charge in [0.05, 0.1) is 0 Å². The molecule has 0 aliphatic heterocycles. The normalized spacial score (nSPS) is 11.7. The maximum Gasteiger partial charge on any atom is 0.325 e. The molecule has 2 aromatic carbocycles. The van der Waals surface area contributed by atoms with Crippen LogP contribution in [0.4, 0.5) is 0 Å². The molecule has 0 saturated heterocycles. The van der Waals surface area contributed by atoms with Gasteiger partial charge >= 0.3 is 5.97 Å². The highest BCUT2D eigenvalue weighted by molar-refractivity contribution is 5.99. The fourth-order valence-corrected chi connectivity index (χ4v) is 3.26. The minimum atomic E-state index is -0.613. The molecule has 5 heteroatoms. The Morgan fingerprint density at radius 3 is 2.57 bits per heavy atom. The molecule has 0 radical (unpaired) electrons. The molecule has 0 saturated carbocycles. The predicted octanol–water partition coefficient (Wildman–Crippen LogP) is 3.54. The van der Waals surface area contributed by atoms with Crippen LogP contribution in [0.5, 0.6) is 0 Å². The second kappa shape index (κ2) is 8.83. The largest absolute Gasteiger partial charge is 0.456 e. The van der Waals surface area contributed by atoms with E-state index in [1.807, 2.05) is 38.1 Å². The Hall–Kier alpha value is -2.95. The maximum absolute atomic E-state index is 12.4. The van der Waals surface area contributed by atoms with E-state index in [9.17, 15) is 14.4 Å². The van der Waals surface area contributed by atoms with E-state index < -0.39 is 5.97 Å². The Balaban J connectivity index is 1.51. The molecule has 3 rings (SSSR count). The van der Waals surface area contributed by atoms with Crippen molar-refractivity contribution < 1.29 is 19.1 Å². The second-order valence-electron chi connectivity index (χ2n) is 7.50. The zero-order valence-electron chi connectivity index (χ0n) is 16.3. The standard InChI is InChI=1S/C23H25NO4/c1-15(2)7-10-22(26)24-13-23(27)28-14-21(25)18-9-8-17-11-16-5-3-4-6-19(16)20(17)12-18/h3-6,8-9,12,15H,7,10-11,13-14H2,1-2H3,(H,24,26). The van der Waals surface area contributed by atoms with E-state index in [0.717, 1.165) is 24.0 Å². The summed E-state index contributed by atoms with van der Waals surface area (Å²) in [5.41, 5.74) is 5.17. The van der Waals surface area contributed by atoms with Crippen molar-refractivity contribution in [1.29, 1.82) is 0 Å². The van der Waals surface area contributed by atoms with Gasteiger partial charge in [0.2, 0.25) is 5.91 Å². The van der Waals surface area contributed by atoms with E-state index in [2.05, 4.69) is 17.4 Å². The van der Waals surface area contributed by atoms with Crippen molar-refractivity contribution >= 4 is 17.7 Å². The highest BCUT2D eigenvalue weighted by Crippen LogP contribution is 2.36. The summed E-state index contributed by atoms with van der Waals surface area (Å²) < 4.78 is 5.02. The average Bonchev–Trinajstić information content (AvgIpc) is 3.06.